The molecule has 9 nitrogen and oxygen atoms in total. The summed E-state index contributed by atoms with van der Waals surface area (Å²) in [5.41, 5.74) is 1.58. The number of para-hydroxylation sites is 1. The summed E-state index contributed by atoms with van der Waals surface area (Å²) in [7, 11) is 1.56. The normalized spacial score (nSPS) is 19.3. The molecule has 0 radical (unpaired) electrons. The summed E-state index contributed by atoms with van der Waals surface area (Å²) in [6, 6.07) is 31.0. The van der Waals surface area contributed by atoms with Crippen molar-refractivity contribution in [2.24, 2.45) is 0 Å². The molecule has 1 aliphatic heterocycles. The third-order valence-corrected chi connectivity index (χ3v) is 8.15. The van der Waals surface area contributed by atoms with Gasteiger partial charge in [0.2, 0.25) is 0 Å². The molecule has 1 aliphatic rings. The first-order valence-corrected chi connectivity index (χ1v) is 14.7. The van der Waals surface area contributed by atoms with Gasteiger partial charge >= 0.3 is 17.9 Å². The highest BCUT2D eigenvalue weighted by atomic mass is 32.1. The number of thiazole rings is 1. The summed E-state index contributed by atoms with van der Waals surface area (Å²) in [5, 5.41) is 0.480. The molecule has 0 bridgehead atoms. The number of nitrogens with zero attached hydrogens (tertiary/aromatic N) is 1. The van der Waals surface area contributed by atoms with E-state index < -0.39 is 42.3 Å². The average molecular weight is 610 g/mol. The van der Waals surface area contributed by atoms with E-state index in [9.17, 15) is 14.4 Å². The molecule has 1 fully saturated rings. The summed E-state index contributed by atoms with van der Waals surface area (Å²) in [6.45, 7) is -0.273. The van der Waals surface area contributed by atoms with Gasteiger partial charge in [-0.1, -0.05) is 60.7 Å². The minimum absolute atomic E-state index is 0.273. The maximum absolute atomic E-state index is 13.4. The van der Waals surface area contributed by atoms with Gasteiger partial charge in [-0.25, -0.2) is 19.4 Å². The Kier molecular flexibility index (Phi) is 8.62. The second-order valence-corrected chi connectivity index (χ2v) is 11.0. The summed E-state index contributed by atoms with van der Waals surface area (Å²) >= 11 is 1.34. The van der Waals surface area contributed by atoms with Gasteiger partial charge in [0.15, 0.2) is 18.3 Å². The molecule has 2 heterocycles. The van der Waals surface area contributed by atoms with Gasteiger partial charge in [0.05, 0.1) is 28.5 Å². The Bertz CT molecular complexity index is 1760. The molecule has 4 aromatic carbocycles. The number of hydrogen-bond donors (Lipinski definition) is 0. The SMILES string of the molecule is COc1cccc2sc([C@@H]3O[C@H](COC(=O)c4ccccc4)[C@@H](OC(=O)c4ccccc4)[C@H]3OC(=O)c3ccccc3)nc12. The molecule has 6 rings (SSSR count). The third-order valence-electron chi connectivity index (χ3n) is 7.07. The summed E-state index contributed by atoms with van der Waals surface area (Å²) in [6.07, 6.45) is -4.19. The van der Waals surface area contributed by atoms with Crippen LogP contribution < -0.4 is 4.74 Å². The quantitative estimate of drug-likeness (QED) is 0.146. The predicted octanol–water partition coefficient (Wildman–Crippen LogP) is 6.05. The van der Waals surface area contributed by atoms with E-state index in [4.69, 9.17) is 28.7 Å². The Hall–Kier alpha value is -5.06. The number of rotatable bonds is 9. The van der Waals surface area contributed by atoms with Crippen molar-refractivity contribution in [3.05, 3.63) is 131 Å². The van der Waals surface area contributed by atoms with Gasteiger partial charge in [-0.05, 0) is 48.5 Å². The maximum Gasteiger partial charge on any atom is 0.338 e. The average Bonchev–Trinajstić information content (AvgIpc) is 3.66. The number of methoxy groups -OCH3 is 1. The van der Waals surface area contributed by atoms with E-state index >= 15 is 0 Å². The van der Waals surface area contributed by atoms with Crippen LogP contribution >= 0.6 is 11.3 Å². The molecular weight excluding hydrogens is 582 g/mol. The standard InChI is InChI=1S/C34H27NO8S/c1-39-24-18-11-19-26-27(24)35-31(44-26)30-29(43-34(38)23-16-9-4-10-17-23)28(42-33(37)22-14-7-3-8-15-22)25(41-30)20-40-32(36)21-12-5-2-6-13-21/h2-19,25,28-30H,20H2,1H3/t25-,28-,29-,30-/m1/s1. The van der Waals surface area contributed by atoms with Gasteiger partial charge in [-0.3, -0.25) is 0 Å². The van der Waals surface area contributed by atoms with E-state index in [-0.39, 0.29) is 6.61 Å². The number of carbonyl (C=O) groups excluding carboxylic acids is 3. The first-order chi connectivity index (χ1) is 21.5. The van der Waals surface area contributed by atoms with E-state index in [1.165, 1.54) is 11.3 Å². The molecule has 1 saturated heterocycles. The topological polar surface area (TPSA) is 110 Å². The van der Waals surface area contributed by atoms with Crippen molar-refractivity contribution < 1.29 is 38.1 Å². The molecule has 0 spiro atoms. The van der Waals surface area contributed by atoms with Crippen LogP contribution in [0.15, 0.2) is 109 Å². The number of hydrogen-bond acceptors (Lipinski definition) is 10. The van der Waals surface area contributed by atoms with E-state index in [2.05, 4.69) is 0 Å². The van der Waals surface area contributed by atoms with Gasteiger partial charge in [0.1, 0.15) is 29.0 Å². The number of carbonyl (C=O) groups is 3. The molecule has 0 aliphatic carbocycles. The van der Waals surface area contributed by atoms with Crippen LogP contribution in [-0.4, -0.2) is 54.9 Å². The highest BCUT2D eigenvalue weighted by Gasteiger charge is 2.52. The van der Waals surface area contributed by atoms with Gasteiger partial charge < -0.3 is 23.7 Å². The number of fused-ring (bicyclic) bond motifs is 1. The largest absolute Gasteiger partial charge is 0.494 e. The first kappa shape index (κ1) is 29.0. The molecule has 0 unspecified atom stereocenters. The lowest BCUT2D eigenvalue weighted by Gasteiger charge is -2.24. The fraction of sp³-hybridized carbons (Fsp3) is 0.176. The third kappa shape index (κ3) is 6.17. The Balaban J connectivity index is 1.37. The van der Waals surface area contributed by atoms with Crippen LogP contribution in [0.1, 0.15) is 42.2 Å². The second-order valence-electron chi connectivity index (χ2n) is 9.89. The first-order valence-electron chi connectivity index (χ1n) is 13.8. The van der Waals surface area contributed by atoms with Gasteiger partial charge in [0.25, 0.3) is 0 Å². The maximum atomic E-state index is 13.4. The van der Waals surface area contributed by atoms with Crippen LogP contribution in [0.4, 0.5) is 0 Å². The lowest BCUT2D eigenvalue weighted by Crippen LogP contribution is -2.40. The molecule has 0 amide bonds. The van der Waals surface area contributed by atoms with Crippen molar-refractivity contribution in [1.29, 1.82) is 0 Å². The van der Waals surface area contributed by atoms with Crippen molar-refractivity contribution in [2.75, 3.05) is 13.7 Å². The smallest absolute Gasteiger partial charge is 0.338 e. The number of aromatic nitrogens is 1. The zero-order chi connectivity index (χ0) is 30.5. The van der Waals surface area contributed by atoms with E-state index in [0.717, 1.165) is 4.70 Å². The van der Waals surface area contributed by atoms with Crippen LogP contribution in [0.2, 0.25) is 0 Å². The fourth-order valence-electron chi connectivity index (χ4n) is 4.91. The number of esters is 3. The van der Waals surface area contributed by atoms with Crippen LogP contribution in [0.5, 0.6) is 5.75 Å². The van der Waals surface area contributed by atoms with Crippen LogP contribution in [0.25, 0.3) is 10.2 Å². The van der Waals surface area contributed by atoms with Crippen LogP contribution in [0, 0.1) is 0 Å². The Morgan fingerprint density at radius 3 is 1.82 bits per heavy atom. The molecule has 222 valence electrons. The Morgan fingerprint density at radius 2 is 1.25 bits per heavy atom. The second kappa shape index (κ2) is 13.1. The molecule has 44 heavy (non-hydrogen) atoms. The van der Waals surface area contributed by atoms with E-state index in [0.29, 0.717) is 33.0 Å². The molecule has 10 heteroatoms. The minimum Gasteiger partial charge on any atom is -0.494 e. The van der Waals surface area contributed by atoms with Gasteiger partial charge in [-0.15, -0.1) is 11.3 Å². The van der Waals surface area contributed by atoms with E-state index in [1.54, 1.807) is 104 Å². The predicted molar refractivity (Wildman–Crippen MR) is 162 cm³/mol. The zero-order valence-corrected chi connectivity index (χ0v) is 24.3. The number of benzene rings is 4. The molecule has 0 N–H and O–H groups in total. The lowest BCUT2D eigenvalue weighted by atomic mass is 10.1. The van der Waals surface area contributed by atoms with E-state index in [1.807, 2.05) is 12.1 Å². The highest BCUT2D eigenvalue weighted by Crippen LogP contribution is 2.42. The summed E-state index contributed by atoms with van der Waals surface area (Å²) in [4.78, 5) is 44.3. The van der Waals surface area contributed by atoms with Crippen molar-refractivity contribution in [3.63, 3.8) is 0 Å². The van der Waals surface area contributed by atoms with Gasteiger partial charge in [0, 0.05) is 0 Å². The molecule has 4 atom stereocenters. The molecule has 0 saturated carbocycles. The van der Waals surface area contributed by atoms with Crippen molar-refractivity contribution in [3.8, 4) is 5.75 Å². The Morgan fingerprint density at radius 1 is 0.705 bits per heavy atom. The van der Waals surface area contributed by atoms with Crippen molar-refractivity contribution >= 4 is 39.5 Å². The van der Waals surface area contributed by atoms with Gasteiger partial charge in [-0.2, -0.15) is 0 Å². The highest BCUT2D eigenvalue weighted by molar-refractivity contribution is 7.18. The minimum atomic E-state index is -1.14. The lowest BCUT2D eigenvalue weighted by molar-refractivity contribution is -0.0450. The Labute approximate surface area is 256 Å². The zero-order valence-electron chi connectivity index (χ0n) is 23.5. The van der Waals surface area contributed by atoms with Crippen molar-refractivity contribution in [2.45, 2.75) is 24.4 Å². The molecular formula is C34H27NO8S. The summed E-state index contributed by atoms with van der Waals surface area (Å²) < 4.78 is 30.4. The summed E-state index contributed by atoms with van der Waals surface area (Å²) in [5.74, 6) is -1.29. The number of ether oxygens (including phenoxy) is 5. The van der Waals surface area contributed by atoms with Crippen LogP contribution in [0.3, 0.4) is 0 Å². The molecule has 5 aromatic rings. The fourth-order valence-corrected chi connectivity index (χ4v) is 5.96. The monoisotopic (exact) mass is 609 g/mol. The van der Waals surface area contributed by atoms with Crippen molar-refractivity contribution in [1.82, 2.24) is 4.98 Å². The van der Waals surface area contributed by atoms with Crippen LogP contribution in [-0.2, 0) is 18.9 Å². The molecule has 1 aromatic heterocycles.